The minimum Gasteiger partial charge on any atom is -0.442 e. The molecular weight excluding hydrogens is 426 g/mol. The number of nitrogens with one attached hydrogen (secondary N) is 1. The van der Waals surface area contributed by atoms with Crippen LogP contribution in [0.5, 0.6) is 0 Å². The highest BCUT2D eigenvalue weighted by molar-refractivity contribution is 7.80. The third-order valence-electron chi connectivity index (χ3n) is 5.11. The number of benzene rings is 2. The van der Waals surface area contributed by atoms with Gasteiger partial charge in [-0.2, -0.15) is 0 Å². The van der Waals surface area contributed by atoms with Crippen molar-refractivity contribution in [3.63, 3.8) is 0 Å². The van der Waals surface area contributed by atoms with Crippen LogP contribution in [0.4, 0.5) is 16.2 Å². The molecule has 3 amide bonds. The van der Waals surface area contributed by atoms with Gasteiger partial charge in [-0.25, -0.2) is 4.79 Å². The van der Waals surface area contributed by atoms with E-state index in [1.54, 1.807) is 35.2 Å². The topological polar surface area (TPSA) is 79.0 Å². The molecule has 0 bridgehead atoms. The van der Waals surface area contributed by atoms with Crippen LogP contribution in [-0.4, -0.2) is 43.6 Å². The van der Waals surface area contributed by atoms with Crippen molar-refractivity contribution in [1.82, 2.24) is 5.32 Å². The van der Waals surface area contributed by atoms with Crippen LogP contribution in [0.2, 0.25) is 5.02 Å². The first kappa shape index (κ1) is 20.6. The zero-order valence-corrected chi connectivity index (χ0v) is 17.7. The summed E-state index contributed by atoms with van der Waals surface area (Å²) in [6.07, 6.45) is 0.467. The molecule has 2 saturated heterocycles. The maximum Gasteiger partial charge on any atom is 0.414 e. The average Bonchev–Trinajstić information content (AvgIpc) is 3.33. The second-order valence-corrected chi connectivity index (χ2v) is 8.07. The van der Waals surface area contributed by atoms with Crippen molar-refractivity contribution in [1.29, 1.82) is 0 Å². The van der Waals surface area contributed by atoms with Crippen molar-refractivity contribution >= 4 is 53.5 Å². The van der Waals surface area contributed by atoms with E-state index in [9.17, 15) is 14.4 Å². The lowest BCUT2D eigenvalue weighted by Gasteiger charge is -2.18. The molecule has 9 heteroatoms. The third kappa shape index (κ3) is 4.24. The molecule has 1 atom stereocenters. The average molecular weight is 446 g/mol. The summed E-state index contributed by atoms with van der Waals surface area (Å²) < 4.78 is 5.38. The SMILES string of the molecule is O=C(NC[C@H]1CN(c2ccc(N3CCCC3=O)cc2)C(=O)O1)c1cc(Cl)ccc1S. The van der Waals surface area contributed by atoms with Gasteiger partial charge in [-0.1, -0.05) is 11.6 Å². The lowest BCUT2D eigenvalue weighted by atomic mass is 10.2. The third-order valence-corrected chi connectivity index (χ3v) is 5.74. The largest absolute Gasteiger partial charge is 0.442 e. The van der Waals surface area contributed by atoms with Crippen molar-refractivity contribution in [2.75, 3.05) is 29.4 Å². The number of ether oxygens (including phenoxy) is 1. The predicted octanol–water partition coefficient (Wildman–Crippen LogP) is 3.51. The Kier molecular flexibility index (Phi) is 5.87. The Hall–Kier alpha value is -2.71. The molecule has 156 valence electrons. The van der Waals surface area contributed by atoms with Crippen molar-refractivity contribution in [2.45, 2.75) is 23.8 Å². The summed E-state index contributed by atoms with van der Waals surface area (Å²) in [5.41, 5.74) is 1.86. The number of halogens is 1. The summed E-state index contributed by atoms with van der Waals surface area (Å²) in [6, 6.07) is 12.1. The van der Waals surface area contributed by atoms with Crippen LogP contribution < -0.4 is 15.1 Å². The van der Waals surface area contributed by atoms with E-state index in [4.69, 9.17) is 16.3 Å². The molecule has 0 aromatic heterocycles. The number of thiol groups is 1. The first-order valence-electron chi connectivity index (χ1n) is 9.57. The number of anilines is 2. The molecule has 30 heavy (non-hydrogen) atoms. The second kappa shape index (κ2) is 8.57. The Morgan fingerprint density at radius 2 is 1.83 bits per heavy atom. The van der Waals surface area contributed by atoms with E-state index in [0.29, 0.717) is 40.7 Å². The number of cyclic esters (lactones) is 1. The number of carbonyl (C=O) groups is 3. The van der Waals surface area contributed by atoms with Crippen molar-refractivity contribution in [3.8, 4) is 0 Å². The lowest BCUT2D eigenvalue weighted by Crippen LogP contribution is -2.34. The highest BCUT2D eigenvalue weighted by Gasteiger charge is 2.33. The van der Waals surface area contributed by atoms with E-state index < -0.39 is 12.2 Å². The Bertz CT molecular complexity index is 998. The van der Waals surface area contributed by atoms with E-state index in [1.807, 2.05) is 12.1 Å². The minimum atomic E-state index is -0.483. The van der Waals surface area contributed by atoms with E-state index in [1.165, 1.54) is 4.90 Å². The van der Waals surface area contributed by atoms with Gasteiger partial charge in [-0.15, -0.1) is 12.6 Å². The van der Waals surface area contributed by atoms with Gasteiger partial charge in [-0.3, -0.25) is 14.5 Å². The molecule has 2 fully saturated rings. The molecule has 2 aliphatic heterocycles. The predicted molar refractivity (Wildman–Crippen MR) is 117 cm³/mol. The maximum atomic E-state index is 12.4. The van der Waals surface area contributed by atoms with Crippen LogP contribution in [-0.2, 0) is 9.53 Å². The monoisotopic (exact) mass is 445 g/mol. The van der Waals surface area contributed by atoms with Gasteiger partial charge in [0.25, 0.3) is 5.91 Å². The van der Waals surface area contributed by atoms with Gasteiger partial charge in [0.15, 0.2) is 0 Å². The van der Waals surface area contributed by atoms with Gasteiger partial charge in [0.05, 0.1) is 18.7 Å². The number of hydrogen-bond donors (Lipinski definition) is 2. The van der Waals surface area contributed by atoms with Crippen LogP contribution in [0.25, 0.3) is 0 Å². The molecule has 0 aliphatic carbocycles. The summed E-state index contributed by atoms with van der Waals surface area (Å²) in [5.74, 6) is -0.222. The second-order valence-electron chi connectivity index (χ2n) is 7.15. The Morgan fingerprint density at radius 3 is 2.50 bits per heavy atom. The van der Waals surface area contributed by atoms with Crippen LogP contribution in [0.1, 0.15) is 23.2 Å². The summed E-state index contributed by atoms with van der Waals surface area (Å²) in [6.45, 7) is 1.19. The maximum absolute atomic E-state index is 12.4. The van der Waals surface area contributed by atoms with Gasteiger partial charge in [-0.05, 0) is 48.9 Å². The number of rotatable bonds is 5. The smallest absolute Gasteiger partial charge is 0.414 e. The quantitative estimate of drug-likeness (QED) is 0.690. The van der Waals surface area contributed by atoms with Gasteiger partial charge >= 0.3 is 6.09 Å². The summed E-state index contributed by atoms with van der Waals surface area (Å²) in [7, 11) is 0. The molecule has 2 aliphatic rings. The zero-order chi connectivity index (χ0) is 21.3. The van der Waals surface area contributed by atoms with Crippen molar-refractivity contribution in [2.24, 2.45) is 0 Å². The highest BCUT2D eigenvalue weighted by atomic mass is 35.5. The Balaban J connectivity index is 1.36. The lowest BCUT2D eigenvalue weighted by molar-refractivity contribution is -0.117. The standard InChI is InChI=1S/C21H20ClN3O4S/c22-13-3-8-18(30)17(10-13)20(27)23-11-16-12-25(21(28)29-16)15-6-4-14(5-7-15)24-9-1-2-19(24)26/h3-8,10,16,30H,1-2,9,11-12H2,(H,23,27)/t16-/m0/s1. The van der Waals surface area contributed by atoms with Gasteiger partial charge in [0, 0.05) is 34.3 Å². The summed E-state index contributed by atoms with van der Waals surface area (Å²) in [4.78, 5) is 40.3. The first-order valence-corrected chi connectivity index (χ1v) is 10.4. The molecule has 2 heterocycles. The number of nitrogens with zero attached hydrogens (tertiary/aromatic N) is 2. The van der Waals surface area contributed by atoms with E-state index in [2.05, 4.69) is 17.9 Å². The Morgan fingerprint density at radius 1 is 1.13 bits per heavy atom. The van der Waals surface area contributed by atoms with Crippen LogP contribution in [0, 0.1) is 0 Å². The molecule has 2 aromatic rings. The zero-order valence-electron chi connectivity index (χ0n) is 16.0. The molecule has 0 radical (unpaired) electrons. The van der Waals surface area contributed by atoms with Crippen LogP contribution in [0.15, 0.2) is 47.4 Å². The van der Waals surface area contributed by atoms with Crippen molar-refractivity contribution in [3.05, 3.63) is 53.1 Å². The van der Waals surface area contributed by atoms with Gasteiger partial charge < -0.3 is 15.0 Å². The van der Waals surface area contributed by atoms with Crippen LogP contribution in [0.3, 0.4) is 0 Å². The molecule has 0 saturated carbocycles. The molecule has 4 rings (SSSR count). The first-order chi connectivity index (χ1) is 14.4. The summed E-state index contributed by atoms with van der Waals surface area (Å²) in [5, 5.41) is 3.20. The molecule has 1 N–H and O–H groups in total. The molecular formula is C21H20ClN3O4S. The van der Waals surface area contributed by atoms with E-state index in [0.717, 1.165) is 12.1 Å². The minimum absolute atomic E-state index is 0.114. The highest BCUT2D eigenvalue weighted by Crippen LogP contribution is 2.27. The molecule has 7 nitrogen and oxygen atoms in total. The normalized spacial score (nSPS) is 18.7. The molecule has 0 spiro atoms. The molecule has 0 unspecified atom stereocenters. The summed E-state index contributed by atoms with van der Waals surface area (Å²) >= 11 is 10.2. The number of carbonyl (C=O) groups excluding carboxylic acids is 3. The van der Waals surface area contributed by atoms with E-state index in [-0.39, 0.29) is 18.4 Å². The molecule has 2 aromatic carbocycles. The fourth-order valence-electron chi connectivity index (χ4n) is 3.56. The number of hydrogen-bond acceptors (Lipinski definition) is 5. The van der Waals surface area contributed by atoms with Gasteiger partial charge in [0.1, 0.15) is 6.10 Å². The van der Waals surface area contributed by atoms with E-state index >= 15 is 0 Å². The fourth-order valence-corrected chi connectivity index (χ4v) is 3.98. The number of amides is 3. The fraction of sp³-hybridized carbons (Fsp3) is 0.286. The van der Waals surface area contributed by atoms with Crippen molar-refractivity contribution < 1.29 is 19.1 Å². The Labute approximate surface area is 184 Å². The van der Waals surface area contributed by atoms with Crippen LogP contribution >= 0.6 is 24.2 Å². The van der Waals surface area contributed by atoms with Gasteiger partial charge in [0.2, 0.25) is 5.91 Å².